The Morgan fingerprint density at radius 1 is 1.06 bits per heavy atom. The van der Waals surface area contributed by atoms with E-state index in [0.717, 1.165) is 5.56 Å². The van der Waals surface area contributed by atoms with Crippen LogP contribution in [0, 0.1) is 5.92 Å². The molecule has 0 fully saturated rings. The molecule has 0 aliphatic carbocycles. The molecule has 0 saturated heterocycles. The van der Waals surface area contributed by atoms with Crippen molar-refractivity contribution in [2.24, 2.45) is 5.92 Å². The van der Waals surface area contributed by atoms with Crippen LogP contribution in [0.2, 0.25) is 0 Å². The summed E-state index contributed by atoms with van der Waals surface area (Å²) in [5.41, 5.74) is 0.975. The Bertz CT molecular complexity index is 402. The van der Waals surface area contributed by atoms with E-state index in [9.17, 15) is 9.59 Å². The minimum Gasteiger partial charge on any atom is -0.348 e. The zero-order valence-electron chi connectivity index (χ0n) is 11.1. The molecule has 1 atom stereocenters. The molecule has 0 aliphatic heterocycles. The van der Waals surface area contributed by atoms with E-state index in [1.165, 1.54) is 0 Å². The highest BCUT2D eigenvalue weighted by Crippen LogP contribution is 2.10. The number of hydrogen-bond acceptors (Lipinski definition) is 2. The molecule has 0 aromatic heterocycles. The summed E-state index contributed by atoms with van der Waals surface area (Å²) in [6.45, 7) is 6.31. The zero-order chi connectivity index (χ0) is 13.5. The van der Waals surface area contributed by atoms with Gasteiger partial charge in [-0.1, -0.05) is 44.2 Å². The highest BCUT2D eigenvalue weighted by molar-refractivity contribution is 6.35. The predicted octanol–water partition coefficient (Wildman–Crippen LogP) is 1.64. The first-order chi connectivity index (χ1) is 8.50. The van der Waals surface area contributed by atoms with Crippen molar-refractivity contribution in [3.63, 3.8) is 0 Å². The number of benzene rings is 1. The van der Waals surface area contributed by atoms with Gasteiger partial charge in [-0.25, -0.2) is 0 Å². The van der Waals surface area contributed by atoms with Crippen LogP contribution in [-0.2, 0) is 9.59 Å². The van der Waals surface area contributed by atoms with Crippen molar-refractivity contribution in [2.45, 2.75) is 26.8 Å². The maximum atomic E-state index is 11.6. The second-order valence-electron chi connectivity index (χ2n) is 4.71. The van der Waals surface area contributed by atoms with Crippen molar-refractivity contribution >= 4 is 11.8 Å². The molecule has 0 saturated carbocycles. The number of rotatable bonds is 4. The van der Waals surface area contributed by atoms with Crippen LogP contribution in [-0.4, -0.2) is 18.4 Å². The van der Waals surface area contributed by atoms with Crippen molar-refractivity contribution in [1.82, 2.24) is 10.6 Å². The van der Waals surface area contributed by atoms with E-state index in [1.807, 2.05) is 51.1 Å². The fourth-order valence-electron chi connectivity index (χ4n) is 1.46. The summed E-state index contributed by atoms with van der Waals surface area (Å²) in [6, 6.07) is 9.36. The van der Waals surface area contributed by atoms with Crippen LogP contribution in [0.15, 0.2) is 30.3 Å². The van der Waals surface area contributed by atoms with Gasteiger partial charge in [0, 0.05) is 6.54 Å². The molecule has 4 heteroatoms. The number of hydrogen-bond donors (Lipinski definition) is 2. The first-order valence-corrected chi connectivity index (χ1v) is 6.14. The summed E-state index contributed by atoms with van der Waals surface area (Å²) in [5, 5.41) is 5.26. The van der Waals surface area contributed by atoms with Crippen molar-refractivity contribution in [3.8, 4) is 0 Å². The van der Waals surface area contributed by atoms with Gasteiger partial charge >= 0.3 is 11.8 Å². The molecule has 1 rings (SSSR count). The normalized spacial score (nSPS) is 12.0. The lowest BCUT2D eigenvalue weighted by molar-refractivity contribution is -0.139. The molecule has 98 valence electrons. The summed E-state index contributed by atoms with van der Waals surface area (Å²) in [6.07, 6.45) is 0. The van der Waals surface area contributed by atoms with Gasteiger partial charge in [-0.05, 0) is 18.4 Å². The number of amides is 2. The molecule has 0 radical (unpaired) electrons. The largest absolute Gasteiger partial charge is 0.348 e. The molecule has 4 nitrogen and oxygen atoms in total. The molecule has 0 bridgehead atoms. The van der Waals surface area contributed by atoms with Crippen LogP contribution in [0.3, 0.4) is 0 Å². The third-order valence-corrected chi connectivity index (χ3v) is 2.52. The van der Waals surface area contributed by atoms with Gasteiger partial charge in [-0.15, -0.1) is 0 Å². The van der Waals surface area contributed by atoms with Crippen LogP contribution < -0.4 is 10.6 Å². The van der Waals surface area contributed by atoms with E-state index in [0.29, 0.717) is 12.5 Å². The minimum absolute atomic E-state index is 0.177. The standard InChI is InChI=1S/C14H20N2O2/c1-10(2)9-15-13(17)14(18)16-11(3)12-7-5-4-6-8-12/h4-8,10-11H,9H2,1-3H3,(H,15,17)(H,16,18)/t11-/m1/s1. The third kappa shape index (κ3) is 4.57. The van der Waals surface area contributed by atoms with Gasteiger partial charge in [0.25, 0.3) is 0 Å². The smallest absolute Gasteiger partial charge is 0.309 e. The van der Waals surface area contributed by atoms with Crippen molar-refractivity contribution in [3.05, 3.63) is 35.9 Å². The van der Waals surface area contributed by atoms with Gasteiger partial charge < -0.3 is 10.6 Å². The maximum Gasteiger partial charge on any atom is 0.309 e. The first-order valence-electron chi connectivity index (χ1n) is 6.14. The Hall–Kier alpha value is -1.84. The third-order valence-electron chi connectivity index (χ3n) is 2.52. The molecule has 0 aliphatic rings. The van der Waals surface area contributed by atoms with Gasteiger partial charge in [0.1, 0.15) is 0 Å². The molecule has 2 amide bonds. The number of carbonyl (C=O) groups excluding carboxylic acids is 2. The summed E-state index contributed by atoms with van der Waals surface area (Å²) < 4.78 is 0. The van der Waals surface area contributed by atoms with Gasteiger partial charge in [0.05, 0.1) is 6.04 Å². The topological polar surface area (TPSA) is 58.2 Å². The van der Waals surface area contributed by atoms with Crippen LogP contribution in [0.1, 0.15) is 32.4 Å². The molecule has 0 unspecified atom stereocenters. The van der Waals surface area contributed by atoms with Gasteiger partial charge in [-0.3, -0.25) is 9.59 Å². The van der Waals surface area contributed by atoms with Crippen molar-refractivity contribution < 1.29 is 9.59 Å². The second kappa shape index (κ2) is 6.79. The van der Waals surface area contributed by atoms with E-state index < -0.39 is 11.8 Å². The lowest BCUT2D eigenvalue weighted by Gasteiger charge is -2.14. The highest BCUT2D eigenvalue weighted by Gasteiger charge is 2.16. The van der Waals surface area contributed by atoms with Crippen LogP contribution >= 0.6 is 0 Å². The first kappa shape index (κ1) is 14.2. The molecular weight excluding hydrogens is 228 g/mol. The van der Waals surface area contributed by atoms with Crippen LogP contribution in [0.5, 0.6) is 0 Å². The van der Waals surface area contributed by atoms with E-state index in [1.54, 1.807) is 0 Å². The zero-order valence-corrected chi connectivity index (χ0v) is 11.1. The molecule has 2 N–H and O–H groups in total. The summed E-state index contributed by atoms with van der Waals surface area (Å²) >= 11 is 0. The second-order valence-corrected chi connectivity index (χ2v) is 4.71. The average molecular weight is 248 g/mol. The number of nitrogens with one attached hydrogen (secondary N) is 2. The van der Waals surface area contributed by atoms with E-state index >= 15 is 0 Å². The lowest BCUT2D eigenvalue weighted by atomic mass is 10.1. The van der Waals surface area contributed by atoms with Crippen molar-refractivity contribution in [1.29, 1.82) is 0 Å². The Morgan fingerprint density at radius 2 is 1.67 bits per heavy atom. The Morgan fingerprint density at radius 3 is 2.22 bits per heavy atom. The molecule has 18 heavy (non-hydrogen) atoms. The lowest BCUT2D eigenvalue weighted by Crippen LogP contribution is -2.42. The summed E-state index contributed by atoms with van der Waals surface area (Å²) in [4.78, 5) is 23.1. The summed E-state index contributed by atoms with van der Waals surface area (Å²) in [5.74, 6) is -0.841. The molecule has 1 aromatic rings. The molecule has 0 heterocycles. The van der Waals surface area contributed by atoms with E-state index in [-0.39, 0.29) is 6.04 Å². The maximum absolute atomic E-state index is 11.6. The quantitative estimate of drug-likeness (QED) is 0.796. The van der Waals surface area contributed by atoms with E-state index in [2.05, 4.69) is 10.6 Å². The van der Waals surface area contributed by atoms with E-state index in [4.69, 9.17) is 0 Å². The van der Waals surface area contributed by atoms with Gasteiger partial charge in [-0.2, -0.15) is 0 Å². The van der Waals surface area contributed by atoms with Crippen LogP contribution in [0.4, 0.5) is 0 Å². The van der Waals surface area contributed by atoms with Gasteiger partial charge in [0.2, 0.25) is 0 Å². The highest BCUT2D eigenvalue weighted by atomic mass is 16.2. The Balaban J connectivity index is 2.47. The summed E-state index contributed by atoms with van der Waals surface area (Å²) in [7, 11) is 0. The molecule has 1 aromatic carbocycles. The predicted molar refractivity (Wildman–Crippen MR) is 70.8 cm³/mol. The van der Waals surface area contributed by atoms with Crippen LogP contribution in [0.25, 0.3) is 0 Å². The Kier molecular flexibility index (Phi) is 5.36. The Labute approximate surface area is 108 Å². The van der Waals surface area contributed by atoms with Gasteiger partial charge in [0.15, 0.2) is 0 Å². The molecule has 0 spiro atoms. The minimum atomic E-state index is -0.591. The fourth-order valence-corrected chi connectivity index (χ4v) is 1.46. The monoisotopic (exact) mass is 248 g/mol. The SMILES string of the molecule is CC(C)CNC(=O)C(=O)N[C@H](C)c1ccccc1. The molecular formula is C14H20N2O2. The average Bonchev–Trinajstić information content (AvgIpc) is 2.36. The fraction of sp³-hybridized carbons (Fsp3) is 0.429. The number of carbonyl (C=O) groups is 2. The van der Waals surface area contributed by atoms with Crippen molar-refractivity contribution in [2.75, 3.05) is 6.54 Å².